The van der Waals surface area contributed by atoms with Crippen LogP contribution in [0.2, 0.25) is 0 Å². The van der Waals surface area contributed by atoms with Crippen molar-refractivity contribution in [2.45, 2.75) is 44.4 Å². The van der Waals surface area contributed by atoms with Crippen molar-refractivity contribution < 1.29 is 4.79 Å². The standard InChI is InChI=1S/C19H22N4O3/c24-17-9-16(20-11-21-17)13-5-3-7-23(10-13)19(26)14-8-12-4-1-2-6-15(12)22-18(14)25/h8-9,11,13H,1-7,10H2,(H,22,25)(H,20,21,24)/t13-/m0/s1. The van der Waals surface area contributed by atoms with Gasteiger partial charge in [0.1, 0.15) is 5.56 Å². The molecule has 7 heteroatoms. The highest BCUT2D eigenvalue weighted by Crippen LogP contribution is 2.26. The Hall–Kier alpha value is -2.70. The Morgan fingerprint density at radius 1 is 1.15 bits per heavy atom. The summed E-state index contributed by atoms with van der Waals surface area (Å²) in [7, 11) is 0. The number of pyridine rings is 1. The molecule has 0 bridgehead atoms. The Morgan fingerprint density at radius 3 is 2.85 bits per heavy atom. The van der Waals surface area contributed by atoms with Crippen LogP contribution in [-0.4, -0.2) is 38.8 Å². The molecule has 3 heterocycles. The lowest BCUT2D eigenvalue weighted by atomic mass is 9.93. The molecule has 2 aromatic heterocycles. The van der Waals surface area contributed by atoms with Gasteiger partial charge in [-0.15, -0.1) is 0 Å². The average molecular weight is 354 g/mol. The summed E-state index contributed by atoms with van der Waals surface area (Å²) in [5.74, 6) is -0.208. The second-order valence-electron chi connectivity index (χ2n) is 7.15. The number of likely N-dealkylation sites (tertiary alicyclic amines) is 1. The summed E-state index contributed by atoms with van der Waals surface area (Å²) >= 11 is 0. The lowest BCUT2D eigenvalue weighted by molar-refractivity contribution is 0.0704. The molecular weight excluding hydrogens is 332 g/mol. The van der Waals surface area contributed by atoms with Crippen molar-refractivity contribution in [1.82, 2.24) is 19.9 Å². The number of fused-ring (bicyclic) bond motifs is 1. The highest BCUT2D eigenvalue weighted by Gasteiger charge is 2.28. The summed E-state index contributed by atoms with van der Waals surface area (Å²) in [6, 6.07) is 3.27. The predicted octanol–water partition coefficient (Wildman–Crippen LogP) is 1.36. The number of amides is 1. The van der Waals surface area contributed by atoms with Crippen molar-refractivity contribution in [2.24, 2.45) is 0 Å². The number of aryl methyl sites for hydroxylation is 2. The summed E-state index contributed by atoms with van der Waals surface area (Å²) < 4.78 is 0. The van der Waals surface area contributed by atoms with Gasteiger partial charge in [0.25, 0.3) is 17.0 Å². The summed E-state index contributed by atoms with van der Waals surface area (Å²) in [5.41, 5.74) is 2.50. The van der Waals surface area contributed by atoms with Gasteiger partial charge >= 0.3 is 0 Å². The van der Waals surface area contributed by atoms with Crippen LogP contribution in [0.1, 0.15) is 58.9 Å². The van der Waals surface area contributed by atoms with E-state index in [1.54, 1.807) is 11.0 Å². The van der Waals surface area contributed by atoms with Crippen molar-refractivity contribution in [2.75, 3.05) is 13.1 Å². The predicted molar refractivity (Wildman–Crippen MR) is 96.4 cm³/mol. The van der Waals surface area contributed by atoms with Crippen LogP contribution in [-0.2, 0) is 12.8 Å². The van der Waals surface area contributed by atoms with E-state index in [1.165, 1.54) is 12.4 Å². The number of piperidine rings is 1. The molecular formula is C19H22N4O3. The van der Waals surface area contributed by atoms with Crippen molar-refractivity contribution in [3.05, 3.63) is 61.7 Å². The zero-order valence-corrected chi connectivity index (χ0v) is 14.6. The van der Waals surface area contributed by atoms with E-state index in [0.29, 0.717) is 18.8 Å². The molecule has 2 aromatic rings. The highest BCUT2D eigenvalue weighted by molar-refractivity contribution is 5.94. The number of carbonyl (C=O) groups is 1. The molecule has 1 aliphatic carbocycles. The third-order valence-corrected chi connectivity index (χ3v) is 5.39. The first kappa shape index (κ1) is 16.8. The van der Waals surface area contributed by atoms with E-state index in [1.807, 2.05) is 0 Å². The topological polar surface area (TPSA) is 98.9 Å². The van der Waals surface area contributed by atoms with E-state index in [9.17, 15) is 14.4 Å². The van der Waals surface area contributed by atoms with Crippen molar-refractivity contribution in [3.63, 3.8) is 0 Å². The summed E-state index contributed by atoms with van der Waals surface area (Å²) in [6.45, 7) is 1.10. The van der Waals surface area contributed by atoms with Crippen LogP contribution in [0.4, 0.5) is 0 Å². The smallest absolute Gasteiger partial charge is 0.261 e. The SMILES string of the molecule is O=C(c1cc2c([nH]c1=O)CCCC2)N1CCC[C@H](c2cc(=O)[nH]cn2)C1. The van der Waals surface area contributed by atoms with Gasteiger partial charge in [-0.05, 0) is 50.2 Å². The van der Waals surface area contributed by atoms with Crippen LogP contribution in [0.15, 0.2) is 28.0 Å². The Morgan fingerprint density at radius 2 is 2.00 bits per heavy atom. The third kappa shape index (κ3) is 3.21. The number of hydrogen-bond acceptors (Lipinski definition) is 4. The first-order chi connectivity index (χ1) is 12.6. The van der Waals surface area contributed by atoms with E-state index in [0.717, 1.165) is 49.8 Å². The zero-order chi connectivity index (χ0) is 18.1. The van der Waals surface area contributed by atoms with Crippen LogP contribution in [0.3, 0.4) is 0 Å². The number of hydrogen-bond donors (Lipinski definition) is 2. The van der Waals surface area contributed by atoms with Gasteiger partial charge in [0.2, 0.25) is 0 Å². The number of aromatic amines is 2. The molecule has 26 heavy (non-hydrogen) atoms. The zero-order valence-electron chi connectivity index (χ0n) is 14.6. The van der Waals surface area contributed by atoms with Crippen LogP contribution >= 0.6 is 0 Å². The van der Waals surface area contributed by atoms with Crippen LogP contribution < -0.4 is 11.1 Å². The molecule has 4 rings (SSSR count). The second kappa shape index (κ2) is 6.90. The molecule has 0 saturated carbocycles. The van der Waals surface area contributed by atoms with E-state index >= 15 is 0 Å². The minimum absolute atomic E-state index is 0.0201. The Balaban J connectivity index is 1.58. The minimum Gasteiger partial charge on any atom is -0.338 e. The van der Waals surface area contributed by atoms with Gasteiger partial charge in [-0.3, -0.25) is 14.4 Å². The molecule has 0 unspecified atom stereocenters. The van der Waals surface area contributed by atoms with Crippen molar-refractivity contribution in [3.8, 4) is 0 Å². The van der Waals surface area contributed by atoms with Gasteiger partial charge in [0.05, 0.1) is 12.0 Å². The van der Waals surface area contributed by atoms with Gasteiger partial charge in [-0.1, -0.05) is 0 Å². The van der Waals surface area contributed by atoms with Gasteiger partial charge in [-0.25, -0.2) is 4.98 Å². The molecule has 1 saturated heterocycles. The van der Waals surface area contributed by atoms with Gasteiger partial charge < -0.3 is 14.9 Å². The summed E-state index contributed by atoms with van der Waals surface area (Å²) in [6.07, 6.45) is 7.05. The molecule has 2 aliphatic rings. The second-order valence-corrected chi connectivity index (χ2v) is 7.15. The maximum absolute atomic E-state index is 13.0. The van der Waals surface area contributed by atoms with Gasteiger partial charge in [-0.2, -0.15) is 0 Å². The summed E-state index contributed by atoms with van der Waals surface area (Å²) in [5, 5.41) is 0. The molecule has 1 amide bonds. The van der Waals surface area contributed by atoms with Gasteiger partial charge in [0, 0.05) is 30.8 Å². The molecule has 1 atom stereocenters. The fourth-order valence-corrected chi connectivity index (χ4v) is 4.01. The Kier molecular flexibility index (Phi) is 4.44. The fraction of sp³-hybridized carbons (Fsp3) is 0.474. The van der Waals surface area contributed by atoms with E-state index in [4.69, 9.17) is 0 Å². The quantitative estimate of drug-likeness (QED) is 0.850. The molecule has 0 radical (unpaired) electrons. The normalized spacial score (nSPS) is 19.8. The van der Waals surface area contributed by atoms with Crippen LogP contribution in [0.25, 0.3) is 0 Å². The Bertz CT molecular complexity index is 946. The number of nitrogens with zero attached hydrogens (tertiary/aromatic N) is 2. The minimum atomic E-state index is -0.299. The van der Waals surface area contributed by atoms with Crippen LogP contribution in [0.5, 0.6) is 0 Å². The monoisotopic (exact) mass is 354 g/mol. The lowest BCUT2D eigenvalue weighted by Crippen LogP contribution is -2.41. The number of nitrogens with one attached hydrogen (secondary N) is 2. The highest BCUT2D eigenvalue weighted by atomic mass is 16.2. The molecule has 0 aromatic carbocycles. The van der Waals surface area contributed by atoms with E-state index < -0.39 is 0 Å². The number of aromatic nitrogens is 3. The van der Waals surface area contributed by atoms with Gasteiger partial charge in [0.15, 0.2) is 0 Å². The largest absolute Gasteiger partial charge is 0.338 e. The first-order valence-corrected chi connectivity index (χ1v) is 9.21. The van der Waals surface area contributed by atoms with E-state index in [2.05, 4.69) is 15.0 Å². The molecule has 7 nitrogen and oxygen atoms in total. The maximum atomic E-state index is 13.0. The summed E-state index contributed by atoms with van der Waals surface area (Å²) in [4.78, 5) is 48.3. The molecule has 1 fully saturated rings. The number of rotatable bonds is 2. The molecule has 2 N–H and O–H groups in total. The molecule has 0 spiro atoms. The number of H-pyrrole nitrogens is 2. The lowest BCUT2D eigenvalue weighted by Gasteiger charge is -2.32. The molecule has 1 aliphatic heterocycles. The third-order valence-electron chi connectivity index (χ3n) is 5.39. The number of carbonyl (C=O) groups excluding carboxylic acids is 1. The maximum Gasteiger partial charge on any atom is 0.261 e. The first-order valence-electron chi connectivity index (χ1n) is 9.21. The van der Waals surface area contributed by atoms with Crippen LogP contribution in [0, 0.1) is 0 Å². The average Bonchev–Trinajstić information content (AvgIpc) is 2.67. The van der Waals surface area contributed by atoms with Crippen molar-refractivity contribution >= 4 is 5.91 Å². The van der Waals surface area contributed by atoms with E-state index in [-0.39, 0.29) is 28.5 Å². The van der Waals surface area contributed by atoms with Crippen molar-refractivity contribution in [1.29, 1.82) is 0 Å². The molecule has 136 valence electrons. The fourth-order valence-electron chi connectivity index (χ4n) is 4.01. The Labute approximate surface area is 150 Å².